The maximum absolute atomic E-state index is 11.3. The van der Waals surface area contributed by atoms with E-state index < -0.39 is 11.8 Å². The number of imidazole rings is 1. The van der Waals surface area contributed by atoms with Crippen molar-refractivity contribution in [3.63, 3.8) is 0 Å². The number of hydrogen-bond acceptors (Lipinski definition) is 4. The second-order valence-electron chi connectivity index (χ2n) is 3.81. The molecule has 0 aliphatic heterocycles. The average Bonchev–Trinajstić information content (AvgIpc) is 2.88. The minimum Gasteiger partial charge on any atom is -0.348 e. The van der Waals surface area contributed by atoms with Crippen molar-refractivity contribution in [3.05, 3.63) is 18.7 Å². The molecule has 1 heterocycles. The molecule has 100 valence electrons. The van der Waals surface area contributed by atoms with Crippen molar-refractivity contribution in [1.29, 1.82) is 0 Å². The Hall–Kier alpha value is -1.89. The van der Waals surface area contributed by atoms with E-state index in [0.29, 0.717) is 19.6 Å². The van der Waals surface area contributed by atoms with E-state index >= 15 is 0 Å². The van der Waals surface area contributed by atoms with Crippen LogP contribution in [-0.4, -0.2) is 41.0 Å². The van der Waals surface area contributed by atoms with Gasteiger partial charge < -0.3 is 20.9 Å². The monoisotopic (exact) mass is 253 g/mol. The van der Waals surface area contributed by atoms with Crippen LogP contribution in [0.2, 0.25) is 0 Å². The van der Waals surface area contributed by atoms with Crippen molar-refractivity contribution >= 4 is 11.8 Å². The molecule has 0 radical (unpaired) electrons. The summed E-state index contributed by atoms with van der Waals surface area (Å²) >= 11 is 0. The highest BCUT2D eigenvalue weighted by atomic mass is 16.2. The van der Waals surface area contributed by atoms with Crippen LogP contribution in [0, 0.1) is 0 Å². The summed E-state index contributed by atoms with van der Waals surface area (Å²) in [6.07, 6.45) is 7.09. The zero-order valence-electron chi connectivity index (χ0n) is 10.3. The second-order valence-corrected chi connectivity index (χ2v) is 3.81. The second kappa shape index (κ2) is 8.24. The molecule has 7 heteroatoms. The van der Waals surface area contributed by atoms with Crippen LogP contribution in [0.4, 0.5) is 0 Å². The number of rotatable bonds is 7. The van der Waals surface area contributed by atoms with Gasteiger partial charge in [-0.3, -0.25) is 9.59 Å². The smallest absolute Gasteiger partial charge is 0.309 e. The van der Waals surface area contributed by atoms with Crippen molar-refractivity contribution in [3.8, 4) is 0 Å². The van der Waals surface area contributed by atoms with Gasteiger partial charge in [0.1, 0.15) is 0 Å². The molecule has 0 spiro atoms. The van der Waals surface area contributed by atoms with Gasteiger partial charge in [-0.2, -0.15) is 0 Å². The van der Waals surface area contributed by atoms with E-state index in [2.05, 4.69) is 15.6 Å². The Morgan fingerprint density at radius 1 is 1.17 bits per heavy atom. The highest BCUT2D eigenvalue weighted by Gasteiger charge is 2.10. The number of hydrogen-bond donors (Lipinski definition) is 3. The predicted octanol–water partition coefficient (Wildman–Crippen LogP) is -1.15. The van der Waals surface area contributed by atoms with Crippen molar-refractivity contribution in [2.24, 2.45) is 5.73 Å². The zero-order chi connectivity index (χ0) is 13.2. The van der Waals surface area contributed by atoms with Gasteiger partial charge in [0, 0.05) is 38.6 Å². The Morgan fingerprint density at radius 3 is 2.50 bits per heavy atom. The number of aromatic nitrogens is 2. The molecule has 2 amide bonds. The molecule has 0 unspecified atom stereocenters. The first-order chi connectivity index (χ1) is 8.74. The van der Waals surface area contributed by atoms with E-state index in [1.807, 2.05) is 10.8 Å². The van der Waals surface area contributed by atoms with Crippen molar-refractivity contribution in [1.82, 2.24) is 20.2 Å². The molecule has 0 bridgehead atoms. The van der Waals surface area contributed by atoms with E-state index in [0.717, 1.165) is 19.4 Å². The van der Waals surface area contributed by atoms with Gasteiger partial charge in [0.05, 0.1) is 6.33 Å². The van der Waals surface area contributed by atoms with Gasteiger partial charge in [-0.25, -0.2) is 4.98 Å². The van der Waals surface area contributed by atoms with Gasteiger partial charge in [-0.15, -0.1) is 0 Å². The number of aryl methyl sites for hydroxylation is 1. The highest BCUT2D eigenvalue weighted by Crippen LogP contribution is 1.93. The third-order valence-corrected chi connectivity index (χ3v) is 2.32. The Morgan fingerprint density at radius 2 is 1.89 bits per heavy atom. The van der Waals surface area contributed by atoms with Crippen molar-refractivity contribution in [2.45, 2.75) is 19.4 Å². The van der Waals surface area contributed by atoms with Gasteiger partial charge in [0.15, 0.2) is 0 Å². The maximum Gasteiger partial charge on any atom is 0.309 e. The first-order valence-corrected chi connectivity index (χ1v) is 5.96. The van der Waals surface area contributed by atoms with Crippen LogP contribution in [0.25, 0.3) is 0 Å². The molecule has 7 nitrogen and oxygen atoms in total. The summed E-state index contributed by atoms with van der Waals surface area (Å²) in [7, 11) is 0. The first kappa shape index (κ1) is 14.2. The molecule has 0 saturated carbocycles. The van der Waals surface area contributed by atoms with Crippen LogP contribution in [0.5, 0.6) is 0 Å². The molecule has 0 aliphatic carbocycles. The van der Waals surface area contributed by atoms with Gasteiger partial charge in [0.25, 0.3) is 0 Å². The molecule has 0 atom stereocenters. The van der Waals surface area contributed by atoms with Crippen LogP contribution in [0.3, 0.4) is 0 Å². The third-order valence-electron chi connectivity index (χ3n) is 2.32. The van der Waals surface area contributed by atoms with Gasteiger partial charge in [-0.1, -0.05) is 0 Å². The summed E-state index contributed by atoms with van der Waals surface area (Å²) in [5.74, 6) is -1.24. The SMILES string of the molecule is NCCNC(=O)C(=O)NCCCCn1ccnc1. The summed E-state index contributed by atoms with van der Waals surface area (Å²) in [6, 6.07) is 0. The van der Waals surface area contributed by atoms with Crippen LogP contribution in [0.1, 0.15) is 12.8 Å². The number of carbonyl (C=O) groups excluding carboxylic acids is 2. The fourth-order valence-electron chi connectivity index (χ4n) is 1.39. The van der Waals surface area contributed by atoms with Crippen molar-refractivity contribution in [2.75, 3.05) is 19.6 Å². The molecular weight excluding hydrogens is 234 g/mol. The zero-order valence-corrected chi connectivity index (χ0v) is 10.3. The Kier molecular flexibility index (Phi) is 6.49. The molecule has 4 N–H and O–H groups in total. The predicted molar refractivity (Wildman–Crippen MR) is 66.5 cm³/mol. The van der Waals surface area contributed by atoms with E-state index in [1.54, 1.807) is 12.5 Å². The lowest BCUT2D eigenvalue weighted by Crippen LogP contribution is -2.41. The number of unbranched alkanes of at least 4 members (excludes halogenated alkanes) is 1. The number of nitrogens with one attached hydrogen (secondary N) is 2. The summed E-state index contributed by atoms with van der Waals surface area (Å²) in [5, 5.41) is 4.96. The van der Waals surface area contributed by atoms with Crippen LogP contribution < -0.4 is 16.4 Å². The van der Waals surface area contributed by atoms with Gasteiger partial charge in [-0.05, 0) is 12.8 Å². The van der Waals surface area contributed by atoms with Crippen LogP contribution in [-0.2, 0) is 16.1 Å². The molecule has 18 heavy (non-hydrogen) atoms. The quantitative estimate of drug-likeness (QED) is 0.422. The fourth-order valence-corrected chi connectivity index (χ4v) is 1.39. The molecular formula is C11H19N5O2. The van der Waals surface area contributed by atoms with Crippen LogP contribution in [0.15, 0.2) is 18.7 Å². The topological polar surface area (TPSA) is 102 Å². The molecule has 0 fully saturated rings. The number of carbonyl (C=O) groups is 2. The Balaban J connectivity index is 2.03. The number of amides is 2. The lowest BCUT2D eigenvalue weighted by Gasteiger charge is -2.05. The third kappa shape index (κ3) is 5.44. The van der Waals surface area contributed by atoms with Crippen molar-refractivity contribution < 1.29 is 9.59 Å². The highest BCUT2D eigenvalue weighted by molar-refractivity contribution is 6.35. The largest absolute Gasteiger partial charge is 0.348 e. The summed E-state index contributed by atoms with van der Waals surface area (Å²) < 4.78 is 1.97. The standard InChI is InChI=1S/C11H19N5O2/c12-3-5-15-11(18)10(17)14-4-1-2-7-16-8-6-13-9-16/h6,8-9H,1-5,7,12H2,(H,14,17)(H,15,18). The van der Waals surface area contributed by atoms with Crippen LogP contribution >= 0.6 is 0 Å². The molecule has 0 aromatic carbocycles. The number of nitrogens with two attached hydrogens (primary N) is 1. The van der Waals surface area contributed by atoms with E-state index in [4.69, 9.17) is 5.73 Å². The van der Waals surface area contributed by atoms with Gasteiger partial charge in [0.2, 0.25) is 0 Å². The minimum atomic E-state index is -0.630. The average molecular weight is 253 g/mol. The molecule has 1 aromatic heterocycles. The Labute approximate surface area is 106 Å². The number of nitrogens with zero attached hydrogens (tertiary/aromatic N) is 2. The first-order valence-electron chi connectivity index (χ1n) is 5.96. The molecule has 0 aliphatic rings. The normalized spacial score (nSPS) is 10.1. The van der Waals surface area contributed by atoms with E-state index in [1.165, 1.54) is 0 Å². The summed E-state index contributed by atoms with van der Waals surface area (Å²) in [6.45, 7) is 1.98. The molecule has 0 saturated heterocycles. The van der Waals surface area contributed by atoms with E-state index in [9.17, 15) is 9.59 Å². The lowest BCUT2D eigenvalue weighted by atomic mass is 10.3. The summed E-state index contributed by atoms with van der Waals surface area (Å²) in [4.78, 5) is 26.4. The minimum absolute atomic E-state index is 0.312. The van der Waals surface area contributed by atoms with E-state index in [-0.39, 0.29) is 0 Å². The lowest BCUT2D eigenvalue weighted by molar-refractivity contribution is -0.139. The molecule has 1 rings (SSSR count). The van der Waals surface area contributed by atoms with Gasteiger partial charge >= 0.3 is 11.8 Å². The molecule has 1 aromatic rings. The Bertz CT molecular complexity index is 364. The summed E-state index contributed by atoms with van der Waals surface area (Å²) in [5.41, 5.74) is 5.21. The fraction of sp³-hybridized carbons (Fsp3) is 0.545. The maximum atomic E-state index is 11.3.